The fourth-order valence-corrected chi connectivity index (χ4v) is 3.95. The summed E-state index contributed by atoms with van der Waals surface area (Å²) >= 11 is 0. The monoisotopic (exact) mass is 409 g/mol. The van der Waals surface area contributed by atoms with Gasteiger partial charge in [0.2, 0.25) is 5.91 Å². The summed E-state index contributed by atoms with van der Waals surface area (Å²) < 4.78 is 5.80. The van der Waals surface area contributed by atoms with Gasteiger partial charge in [-0.3, -0.25) is 9.59 Å². The maximum absolute atomic E-state index is 12.5. The van der Waals surface area contributed by atoms with E-state index in [4.69, 9.17) is 4.74 Å². The van der Waals surface area contributed by atoms with Gasteiger partial charge in [-0.05, 0) is 68.8 Å². The van der Waals surface area contributed by atoms with Crippen LogP contribution >= 0.6 is 12.4 Å². The number of ether oxygens (including phenoxy) is 1. The number of fused-ring (bicyclic) bond motifs is 1. The van der Waals surface area contributed by atoms with Gasteiger partial charge in [-0.25, -0.2) is 0 Å². The molecule has 28 heavy (non-hydrogen) atoms. The van der Waals surface area contributed by atoms with E-state index >= 15 is 0 Å². The molecule has 2 amide bonds. The number of nitrogens with one attached hydrogen (secondary N) is 3. The van der Waals surface area contributed by atoms with E-state index in [1.54, 1.807) is 0 Å². The molecule has 1 saturated heterocycles. The van der Waals surface area contributed by atoms with Gasteiger partial charge in [0.15, 0.2) is 6.10 Å². The number of piperidine rings is 1. The Kier molecular flexibility index (Phi) is 8.13. The third-order valence-electron chi connectivity index (χ3n) is 5.77. The molecule has 1 aromatic carbocycles. The largest absolute Gasteiger partial charge is 0.478 e. The van der Waals surface area contributed by atoms with Crippen LogP contribution < -0.4 is 20.7 Å². The van der Waals surface area contributed by atoms with Crippen LogP contribution in [0.25, 0.3) is 0 Å². The van der Waals surface area contributed by atoms with Gasteiger partial charge in [0.25, 0.3) is 5.91 Å². The molecule has 3 unspecified atom stereocenters. The van der Waals surface area contributed by atoms with E-state index in [1.165, 1.54) is 0 Å². The highest BCUT2D eigenvalue weighted by molar-refractivity contribution is 5.97. The Bertz CT molecular complexity index is 691. The number of carbonyl (C=O) groups is 2. The van der Waals surface area contributed by atoms with Crippen molar-refractivity contribution in [3.05, 3.63) is 23.8 Å². The Morgan fingerprint density at radius 3 is 2.68 bits per heavy atom. The van der Waals surface area contributed by atoms with Crippen LogP contribution in [0.2, 0.25) is 0 Å². The molecule has 0 aromatic heterocycles. The molecule has 0 bridgehead atoms. The van der Waals surface area contributed by atoms with Crippen molar-refractivity contribution in [1.82, 2.24) is 10.6 Å². The summed E-state index contributed by atoms with van der Waals surface area (Å²) in [5.41, 5.74) is 1.66. The lowest BCUT2D eigenvalue weighted by Gasteiger charge is -2.28. The SMILES string of the molecule is CCC1Oc2cc(C(C)NC(=O)CC(C)C3CCNCC3)ccc2NC1=O.Cl. The van der Waals surface area contributed by atoms with Gasteiger partial charge in [-0.15, -0.1) is 12.4 Å². The highest BCUT2D eigenvalue weighted by atomic mass is 35.5. The Balaban J connectivity index is 0.00000280. The Hall–Kier alpha value is -1.79. The van der Waals surface area contributed by atoms with E-state index in [2.05, 4.69) is 22.9 Å². The zero-order valence-electron chi connectivity index (χ0n) is 16.9. The zero-order chi connectivity index (χ0) is 19.4. The summed E-state index contributed by atoms with van der Waals surface area (Å²) in [6, 6.07) is 5.58. The molecular formula is C21H32ClN3O3. The summed E-state index contributed by atoms with van der Waals surface area (Å²) in [7, 11) is 0. The van der Waals surface area contributed by atoms with Crippen LogP contribution in [0.15, 0.2) is 18.2 Å². The van der Waals surface area contributed by atoms with Crippen molar-refractivity contribution in [3.63, 3.8) is 0 Å². The molecule has 0 spiro atoms. The van der Waals surface area contributed by atoms with E-state index in [9.17, 15) is 9.59 Å². The van der Waals surface area contributed by atoms with Crippen molar-refractivity contribution in [2.24, 2.45) is 11.8 Å². The van der Waals surface area contributed by atoms with Crippen LogP contribution in [0, 0.1) is 11.8 Å². The molecule has 156 valence electrons. The van der Waals surface area contributed by atoms with Gasteiger partial charge in [0.05, 0.1) is 11.7 Å². The van der Waals surface area contributed by atoms with Gasteiger partial charge in [0, 0.05) is 6.42 Å². The van der Waals surface area contributed by atoms with Gasteiger partial charge in [-0.1, -0.05) is 19.9 Å². The van der Waals surface area contributed by atoms with Gasteiger partial charge in [-0.2, -0.15) is 0 Å². The molecule has 0 aliphatic carbocycles. The fourth-order valence-electron chi connectivity index (χ4n) is 3.95. The van der Waals surface area contributed by atoms with Crippen molar-refractivity contribution >= 4 is 29.9 Å². The first-order chi connectivity index (χ1) is 13.0. The molecule has 2 aliphatic heterocycles. The zero-order valence-corrected chi connectivity index (χ0v) is 17.7. The highest BCUT2D eigenvalue weighted by Crippen LogP contribution is 2.33. The normalized spacial score (nSPS) is 21.4. The topological polar surface area (TPSA) is 79.5 Å². The second kappa shape index (κ2) is 10.1. The van der Waals surface area contributed by atoms with Crippen LogP contribution in [0.1, 0.15) is 58.1 Å². The molecule has 1 fully saturated rings. The smallest absolute Gasteiger partial charge is 0.265 e. The van der Waals surface area contributed by atoms with Crippen molar-refractivity contribution in [3.8, 4) is 5.75 Å². The lowest BCUT2D eigenvalue weighted by molar-refractivity contribution is -0.124. The van der Waals surface area contributed by atoms with Crippen molar-refractivity contribution in [2.75, 3.05) is 18.4 Å². The maximum atomic E-state index is 12.5. The van der Waals surface area contributed by atoms with E-state index in [0.29, 0.717) is 36.1 Å². The van der Waals surface area contributed by atoms with E-state index in [-0.39, 0.29) is 30.3 Å². The molecule has 3 atom stereocenters. The molecule has 2 aliphatic rings. The van der Waals surface area contributed by atoms with Crippen LogP contribution in [-0.2, 0) is 9.59 Å². The Morgan fingerprint density at radius 1 is 1.29 bits per heavy atom. The van der Waals surface area contributed by atoms with E-state index in [1.807, 2.05) is 32.0 Å². The minimum atomic E-state index is -0.455. The number of anilines is 1. The number of hydrogen-bond acceptors (Lipinski definition) is 4. The summed E-state index contributed by atoms with van der Waals surface area (Å²) in [6.07, 6.45) is 3.02. The number of carbonyl (C=O) groups excluding carboxylic acids is 2. The summed E-state index contributed by atoms with van der Waals surface area (Å²) in [4.78, 5) is 24.4. The van der Waals surface area contributed by atoms with Crippen LogP contribution in [0.3, 0.4) is 0 Å². The standard InChI is InChI=1S/C21H31N3O3.ClH/c1-4-18-21(26)24-17-6-5-16(12-19(17)27-18)14(3)23-20(25)11-13(2)15-7-9-22-10-8-15;/h5-6,12-15,18,22H,4,7-11H2,1-3H3,(H,23,25)(H,24,26);1H. The van der Waals surface area contributed by atoms with Crippen LogP contribution in [-0.4, -0.2) is 31.0 Å². The van der Waals surface area contributed by atoms with E-state index in [0.717, 1.165) is 31.5 Å². The Morgan fingerprint density at radius 2 is 2.00 bits per heavy atom. The second-order valence-electron chi connectivity index (χ2n) is 7.82. The molecule has 3 N–H and O–H groups in total. The van der Waals surface area contributed by atoms with Crippen molar-refractivity contribution < 1.29 is 14.3 Å². The molecule has 7 heteroatoms. The number of rotatable bonds is 6. The van der Waals surface area contributed by atoms with Crippen molar-refractivity contribution in [2.45, 2.75) is 58.6 Å². The van der Waals surface area contributed by atoms with Gasteiger partial charge in [0.1, 0.15) is 5.75 Å². The van der Waals surface area contributed by atoms with Crippen LogP contribution in [0.4, 0.5) is 5.69 Å². The minimum absolute atomic E-state index is 0. The second-order valence-corrected chi connectivity index (χ2v) is 7.82. The maximum Gasteiger partial charge on any atom is 0.265 e. The summed E-state index contributed by atoms with van der Waals surface area (Å²) in [5.74, 6) is 1.67. The summed E-state index contributed by atoms with van der Waals surface area (Å²) in [5, 5.41) is 9.36. The molecule has 3 rings (SSSR count). The summed E-state index contributed by atoms with van der Waals surface area (Å²) in [6.45, 7) is 8.19. The first kappa shape index (κ1) is 22.5. The molecule has 6 nitrogen and oxygen atoms in total. The van der Waals surface area contributed by atoms with E-state index < -0.39 is 6.10 Å². The Labute approximate surface area is 173 Å². The number of amides is 2. The van der Waals surface area contributed by atoms with Gasteiger partial charge < -0.3 is 20.7 Å². The quantitative estimate of drug-likeness (QED) is 0.672. The lowest BCUT2D eigenvalue weighted by atomic mass is 9.84. The average Bonchev–Trinajstić information content (AvgIpc) is 2.67. The lowest BCUT2D eigenvalue weighted by Crippen LogP contribution is -2.36. The van der Waals surface area contributed by atoms with Gasteiger partial charge >= 0.3 is 0 Å². The van der Waals surface area contributed by atoms with Crippen LogP contribution in [0.5, 0.6) is 5.75 Å². The fraction of sp³-hybridized carbons (Fsp3) is 0.619. The number of hydrogen-bond donors (Lipinski definition) is 3. The predicted molar refractivity (Wildman–Crippen MR) is 113 cm³/mol. The molecule has 2 heterocycles. The molecular weight excluding hydrogens is 378 g/mol. The third-order valence-corrected chi connectivity index (χ3v) is 5.77. The minimum Gasteiger partial charge on any atom is -0.478 e. The highest BCUT2D eigenvalue weighted by Gasteiger charge is 2.27. The molecule has 0 saturated carbocycles. The molecule has 0 radical (unpaired) electrons. The van der Waals surface area contributed by atoms with Crippen molar-refractivity contribution in [1.29, 1.82) is 0 Å². The average molecular weight is 410 g/mol. The molecule has 1 aromatic rings. The predicted octanol–water partition coefficient (Wildman–Crippen LogP) is 3.42. The first-order valence-corrected chi connectivity index (χ1v) is 10.1. The number of halogens is 1. The first-order valence-electron chi connectivity index (χ1n) is 10.1. The third kappa shape index (κ3) is 5.39. The number of benzene rings is 1.